The number of carbonyl (C=O) groups is 2. The highest BCUT2D eigenvalue weighted by Gasteiger charge is 2.25. The highest BCUT2D eigenvalue weighted by Crippen LogP contribution is 2.24. The number of rotatable bonds is 5. The molecule has 6 nitrogen and oxygen atoms in total. The van der Waals surface area contributed by atoms with Crippen LogP contribution in [0.2, 0.25) is 0 Å². The summed E-state index contributed by atoms with van der Waals surface area (Å²) < 4.78 is 4.79. The number of hydrogen-bond acceptors (Lipinski definition) is 4. The predicted molar refractivity (Wildman–Crippen MR) is 68.8 cm³/mol. The van der Waals surface area contributed by atoms with Crippen LogP contribution >= 0.6 is 0 Å². The maximum absolute atomic E-state index is 11.8. The molecule has 1 heterocycles. The first-order valence-electron chi connectivity index (χ1n) is 6.13. The first-order chi connectivity index (χ1) is 8.70. The van der Waals surface area contributed by atoms with E-state index >= 15 is 0 Å². The molecule has 6 heteroatoms. The van der Waals surface area contributed by atoms with Crippen molar-refractivity contribution in [1.29, 1.82) is 0 Å². The van der Waals surface area contributed by atoms with Gasteiger partial charge in [0.05, 0.1) is 12.1 Å². The van der Waals surface area contributed by atoms with Crippen molar-refractivity contribution in [2.45, 2.75) is 34.1 Å². The van der Waals surface area contributed by atoms with Crippen molar-refractivity contribution in [2.75, 3.05) is 6.54 Å². The van der Waals surface area contributed by atoms with Gasteiger partial charge in [-0.1, -0.05) is 25.9 Å². The molecule has 0 aliphatic heterocycles. The molecule has 2 N–H and O–H groups in total. The lowest BCUT2D eigenvalue weighted by Crippen LogP contribution is -2.35. The maximum Gasteiger partial charge on any atom is 0.308 e. The summed E-state index contributed by atoms with van der Waals surface area (Å²) in [5, 5.41) is 15.3. The molecule has 0 saturated heterocycles. The largest absolute Gasteiger partial charge is 0.481 e. The zero-order valence-corrected chi connectivity index (χ0v) is 11.7. The highest BCUT2D eigenvalue weighted by atomic mass is 16.5. The van der Waals surface area contributed by atoms with E-state index in [4.69, 9.17) is 9.63 Å². The van der Waals surface area contributed by atoms with Crippen molar-refractivity contribution in [3.63, 3.8) is 0 Å². The van der Waals surface area contributed by atoms with Crippen molar-refractivity contribution >= 4 is 11.9 Å². The summed E-state index contributed by atoms with van der Waals surface area (Å²) >= 11 is 0. The van der Waals surface area contributed by atoms with E-state index in [9.17, 15) is 9.59 Å². The van der Waals surface area contributed by atoms with E-state index in [1.54, 1.807) is 6.92 Å². The lowest BCUT2D eigenvalue weighted by Gasteiger charge is -2.23. The molecule has 0 radical (unpaired) electrons. The van der Waals surface area contributed by atoms with Crippen molar-refractivity contribution in [3.8, 4) is 0 Å². The summed E-state index contributed by atoms with van der Waals surface area (Å²) in [5.41, 5.74) is 0.223. The Labute approximate surface area is 112 Å². The average Bonchev–Trinajstić information content (AvgIpc) is 2.68. The Bertz CT molecular complexity index is 459. The van der Waals surface area contributed by atoms with Gasteiger partial charge in [-0.05, 0) is 18.8 Å². The molecule has 0 aromatic carbocycles. The van der Waals surface area contributed by atoms with E-state index in [2.05, 4.69) is 10.5 Å². The number of amides is 1. The van der Waals surface area contributed by atoms with Gasteiger partial charge < -0.3 is 14.9 Å². The van der Waals surface area contributed by atoms with Gasteiger partial charge in [0.15, 0.2) is 0 Å². The third kappa shape index (κ3) is 4.73. The smallest absolute Gasteiger partial charge is 0.308 e. The van der Waals surface area contributed by atoms with Crippen LogP contribution in [0.25, 0.3) is 0 Å². The lowest BCUT2D eigenvalue weighted by molar-refractivity contribution is -0.142. The van der Waals surface area contributed by atoms with E-state index in [1.807, 2.05) is 20.8 Å². The number of carbonyl (C=O) groups excluding carboxylic acids is 1. The van der Waals surface area contributed by atoms with E-state index in [1.165, 1.54) is 6.20 Å². The summed E-state index contributed by atoms with van der Waals surface area (Å²) in [5.74, 6) is -1.46. The van der Waals surface area contributed by atoms with Crippen LogP contribution in [-0.4, -0.2) is 28.7 Å². The summed E-state index contributed by atoms with van der Waals surface area (Å²) in [7, 11) is 0. The summed E-state index contributed by atoms with van der Waals surface area (Å²) in [6, 6.07) is 0. The van der Waals surface area contributed by atoms with Crippen LogP contribution in [0.15, 0.2) is 10.7 Å². The monoisotopic (exact) mass is 268 g/mol. The summed E-state index contributed by atoms with van der Waals surface area (Å²) in [6.07, 6.45) is 1.81. The van der Waals surface area contributed by atoms with Gasteiger partial charge in [0.1, 0.15) is 11.3 Å². The predicted octanol–water partition coefficient (Wildman–Crippen LogP) is 1.85. The van der Waals surface area contributed by atoms with Crippen molar-refractivity contribution < 1.29 is 19.2 Å². The van der Waals surface area contributed by atoms with Crippen LogP contribution in [0.4, 0.5) is 0 Å². The Morgan fingerprint density at radius 1 is 1.47 bits per heavy atom. The van der Waals surface area contributed by atoms with Crippen LogP contribution in [0.3, 0.4) is 0 Å². The Morgan fingerprint density at radius 3 is 2.53 bits per heavy atom. The zero-order chi connectivity index (χ0) is 14.6. The van der Waals surface area contributed by atoms with Gasteiger partial charge in [-0.3, -0.25) is 9.59 Å². The van der Waals surface area contributed by atoms with Gasteiger partial charge in [-0.2, -0.15) is 0 Å². The van der Waals surface area contributed by atoms with Crippen LogP contribution in [0.5, 0.6) is 0 Å². The first-order valence-corrected chi connectivity index (χ1v) is 6.13. The molecule has 0 saturated carbocycles. The molecule has 1 rings (SSSR count). The summed E-state index contributed by atoms with van der Waals surface area (Å²) in [4.78, 5) is 23.0. The number of carboxylic acids is 1. The molecular weight excluding hydrogens is 248 g/mol. The van der Waals surface area contributed by atoms with Crippen LogP contribution < -0.4 is 5.32 Å². The minimum atomic E-state index is -0.905. The summed E-state index contributed by atoms with van der Waals surface area (Å²) in [6.45, 7) is 7.63. The first kappa shape index (κ1) is 15.2. The molecular formula is C13H20N2O4. The number of carboxylic acid groups (broad SMARTS) is 1. The quantitative estimate of drug-likeness (QED) is 0.850. The van der Waals surface area contributed by atoms with Gasteiger partial charge >= 0.3 is 5.97 Å². The molecule has 1 aromatic heterocycles. The molecule has 0 spiro atoms. The van der Waals surface area contributed by atoms with Gasteiger partial charge in [-0.25, -0.2) is 0 Å². The molecule has 1 aromatic rings. The minimum absolute atomic E-state index is 0.0933. The maximum atomic E-state index is 11.8. The molecule has 0 aliphatic rings. The lowest BCUT2D eigenvalue weighted by atomic mass is 9.84. The molecule has 19 heavy (non-hydrogen) atoms. The SMILES string of the molecule is Cc1oncc1C(=O)NCC(CC(C)(C)C)C(=O)O. The van der Waals surface area contributed by atoms with Gasteiger partial charge in [0.2, 0.25) is 0 Å². The van der Waals surface area contributed by atoms with Crippen LogP contribution in [0, 0.1) is 18.3 Å². The Hall–Kier alpha value is -1.85. The normalized spacial score (nSPS) is 13.1. The van der Waals surface area contributed by atoms with Gasteiger partial charge in [-0.15, -0.1) is 0 Å². The van der Waals surface area contributed by atoms with E-state index < -0.39 is 11.9 Å². The van der Waals surface area contributed by atoms with Gasteiger partial charge in [0.25, 0.3) is 5.91 Å². The average molecular weight is 268 g/mol. The second-order valence-electron chi connectivity index (χ2n) is 5.81. The second-order valence-corrected chi connectivity index (χ2v) is 5.81. The number of aryl methyl sites for hydroxylation is 1. The Kier molecular flexibility index (Phi) is 4.69. The topological polar surface area (TPSA) is 92.4 Å². The fraction of sp³-hybridized carbons (Fsp3) is 0.615. The molecule has 0 bridgehead atoms. The fourth-order valence-corrected chi connectivity index (χ4v) is 1.81. The van der Waals surface area contributed by atoms with Crippen LogP contribution in [0.1, 0.15) is 43.3 Å². The molecule has 0 fully saturated rings. The third-order valence-corrected chi connectivity index (χ3v) is 2.71. The highest BCUT2D eigenvalue weighted by molar-refractivity contribution is 5.94. The fourth-order valence-electron chi connectivity index (χ4n) is 1.81. The Morgan fingerprint density at radius 2 is 2.11 bits per heavy atom. The molecule has 1 atom stereocenters. The van der Waals surface area contributed by atoms with Crippen molar-refractivity contribution in [2.24, 2.45) is 11.3 Å². The van der Waals surface area contributed by atoms with Crippen molar-refractivity contribution in [3.05, 3.63) is 17.5 Å². The number of hydrogen-bond donors (Lipinski definition) is 2. The van der Waals surface area contributed by atoms with E-state index in [0.717, 1.165) is 0 Å². The number of nitrogens with zero attached hydrogens (tertiary/aromatic N) is 1. The minimum Gasteiger partial charge on any atom is -0.481 e. The molecule has 0 aliphatic carbocycles. The number of aromatic nitrogens is 1. The zero-order valence-electron chi connectivity index (χ0n) is 11.7. The molecule has 106 valence electrons. The standard InChI is InChI=1S/C13H20N2O4/c1-8-10(7-15-19-8)11(16)14-6-9(12(17)18)5-13(2,3)4/h7,9H,5-6H2,1-4H3,(H,14,16)(H,17,18). The van der Waals surface area contributed by atoms with E-state index in [-0.39, 0.29) is 17.9 Å². The molecule has 1 unspecified atom stereocenters. The van der Waals surface area contributed by atoms with Crippen LogP contribution in [-0.2, 0) is 4.79 Å². The van der Waals surface area contributed by atoms with Crippen molar-refractivity contribution in [1.82, 2.24) is 10.5 Å². The van der Waals surface area contributed by atoms with E-state index in [0.29, 0.717) is 17.7 Å². The molecule has 1 amide bonds. The Balaban J connectivity index is 2.60. The number of nitrogens with one attached hydrogen (secondary N) is 1. The number of aliphatic carboxylic acids is 1. The second kappa shape index (κ2) is 5.86. The van der Waals surface area contributed by atoms with Gasteiger partial charge in [0, 0.05) is 6.54 Å². The third-order valence-electron chi connectivity index (χ3n) is 2.71.